The second-order valence-electron chi connectivity index (χ2n) is 2.40. The summed E-state index contributed by atoms with van der Waals surface area (Å²) in [5.41, 5.74) is 1.01. The minimum Gasteiger partial charge on any atom is -0.391 e. The normalized spacial score (nSPS) is 10.8. The van der Waals surface area contributed by atoms with Crippen molar-refractivity contribution in [2.24, 2.45) is 0 Å². The van der Waals surface area contributed by atoms with Gasteiger partial charge in [0.2, 0.25) is 0 Å². The minimum absolute atomic E-state index is 0.126. The lowest BCUT2D eigenvalue weighted by molar-refractivity contribution is 0.279. The highest BCUT2D eigenvalue weighted by molar-refractivity contribution is 7.81. The van der Waals surface area contributed by atoms with Gasteiger partial charge in [-0.05, 0) is 19.1 Å². The molecule has 0 saturated heterocycles. The van der Waals surface area contributed by atoms with E-state index in [4.69, 9.17) is 5.11 Å². The van der Waals surface area contributed by atoms with Crippen LogP contribution in [0.3, 0.4) is 0 Å². The molecule has 2 heteroatoms. The van der Waals surface area contributed by atoms with Gasteiger partial charge in [-0.15, -0.1) is 0 Å². The summed E-state index contributed by atoms with van der Waals surface area (Å²) >= 11 is 1.15. The second-order valence-corrected chi connectivity index (χ2v) is 3.44. The second kappa shape index (κ2) is 5.01. The molecule has 1 aromatic rings. The van der Waals surface area contributed by atoms with E-state index in [0.717, 1.165) is 17.3 Å². The van der Waals surface area contributed by atoms with Gasteiger partial charge in [0.25, 0.3) is 0 Å². The predicted octanol–water partition coefficient (Wildman–Crippen LogP) is 1.89. The Morgan fingerprint density at radius 1 is 1.42 bits per heavy atom. The number of aliphatic hydroxyl groups is 1. The van der Waals surface area contributed by atoms with Crippen molar-refractivity contribution in [3.8, 4) is 0 Å². The Labute approximate surface area is 77.1 Å². The molecule has 0 aliphatic heterocycles. The van der Waals surface area contributed by atoms with Gasteiger partial charge >= 0.3 is 0 Å². The highest BCUT2D eigenvalue weighted by atomic mass is 32.2. The lowest BCUT2D eigenvalue weighted by atomic mass is 10.2. The van der Waals surface area contributed by atoms with E-state index in [1.807, 2.05) is 37.3 Å². The van der Waals surface area contributed by atoms with Crippen LogP contribution < -0.4 is 0 Å². The van der Waals surface area contributed by atoms with E-state index < -0.39 is 0 Å². The Kier molecular flexibility index (Phi) is 3.91. The fourth-order valence-electron chi connectivity index (χ4n) is 0.925. The Balaban J connectivity index is 2.81. The third kappa shape index (κ3) is 2.40. The van der Waals surface area contributed by atoms with E-state index in [1.54, 1.807) is 0 Å². The third-order valence-electron chi connectivity index (χ3n) is 1.52. The van der Waals surface area contributed by atoms with Gasteiger partial charge in [-0.1, -0.05) is 18.2 Å². The number of thiol groups is 1. The van der Waals surface area contributed by atoms with Crippen LogP contribution >= 0.6 is 0 Å². The summed E-state index contributed by atoms with van der Waals surface area (Å²) in [5, 5.41) is 11.1. The first-order valence-electron chi connectivity index (χ1n) is 3.89. The maximum atomic E-state index is 8.99. The lowest BCUT2D eigenvalue weighted by Gasteiger charge is -1.95. The van der Waals surface area contributed by atoms with Gasteiger partial charge in [0.05, 0.1) is 6.61 Å². The number of aliphatic hydroxyl groups excluding tert-OH is 1. The summed E-state index contributed by atoms with van der Waals surface area (Å²) in [5.74, 6) is 0. The first kappa shape index (κ1) is 9.36. The SMILES string of the molecule is C/C=C\[SH+]c1ccccc1CO. The fraction of sp³-hybridized carbons (Fsp3) is 0.200. The zero-order chi connectivity index (χ0) is 8.81. The average molecular weight is 181 g/mol. The summed E-state index contributed by atoms with van der Waals surface area (Å²) < 4.78 is 0. The topological polar surface area (TPSA) is 20.2 Å². The van der Waals surface area contributed by atoms with E-state index in [0.29, 0.717) is 0 Å². The van der Waals surface area contributed by atoms with Crippen molar-refractivity contribution in [1.82, 2.24) is 0 Å². The van der Waals surface area contributed by atoms with Crippen molar-refractivity contribution in [3.05, 3.63) is 41.3 Å². The quantitative estimate of drug-likeness (QED) is 0.557. The highest BCUT2D eigenvalue weighted by Crippen LogP contribution is 2.11. The number of rotatable bonds is 3. The Morgan fingerprint density at radius 3 is 2.83 bits per heavy atom. The van der Waals surface area contributed by atoms with Crippen molar-refractivity contribution in [2.75, 3.05) is 0 Å². The summed E-state index contributed by atoms with van der Waals surface area (Å²) in [6.07, 6.45) is 2.01. The summed E-state index contributed by atoms with van der Waals surface area (Å²) in [4.78, 5) is 1.18. The van der Waals surface area contributed by atoms with E-state index in [-0.39, 0.29) is 6.61 Å². The van der Waals surface area contributed by atoms with E-state index in [9.17, 15) is 0 Å². The van der Waals surface area contributed by atoms with Crippen LogP contribution in [0.4, 0.5) is 0 Å². The van der Waals surface area contributed by atoms with Gasteiger partial charge in [-0.2, -0.15) is 0 Å². The minimum atomic E-state index is 0.126. The smallest absolute Gasteiger partial charge is 0.163 e. The standard InChI is InChI=1S/C10H12OS/c1-2-7-12-10-6-4-3-5-9(10)8-11/h2-7,11H,8H2,1H3/p+1/b7-2-. The molecule has 0 spiro atoms. The predicted molar refractivity (Wildman–Crippen MR) is 54.2 cm³/mol. The molecule has 0 fully saturated rings. The van der Waals surface area contributed by atoms with Crippen LogP contribution in [-0.2, 0) is 18.4 Å². The molecular formula is C10H13OS+. The molecule has 1 rings (SSSR count). The van der Waals surface area contributed by atoms with Crippen LogP contribution in [-0.4, -0.2) is 5.11 Å². The Morgan fingerprint density at radius 2 is 2.17 bits per heavy atom. The van der Waals surface area contributed by atoms with Crippen LogP contribution in [0.25, 0.3) is 0 Å². The number of hydrogen-bond donors (Lipinski definition) is 1. The Bertz CT molecular complexity index is 268. The molecule has 0 saturated carbocycles. The molecular weight excluding hydrogens is 168 g/mol. The maximum Gasteiger partial charge on any atom is 0.163 e. The molecule has 0 atom stereocenters. The molecule has 0 aromatic heterocycles. The van der Waals surface area contributed by atoms with Crippen LogP contribution in [0.15, 0.2) is 40.6 Å². The number of benzene rings is 1. The van der Waals surface area contributed by atoms with E-state index in [1.165, 1.54) is 4.90 Å². The van der Waals surface area contributed by atoms with Crippen molar-refractivity contribution >= 4 is 11.8 Å². The first-order valence-corrected chi connectivity index (χ1v) is 4.85. The van der Waals surface area contributed by atoms with Gasteiger partial charge in [0.15, 0.2) is 4.90 Å². The number of allylic oxidation sites excluding steroid dienone is 1. The van der Waals surface area contributed by atoms with E-state index >= 15 is 0 Å². The van der Waals surface area contributed by atoms with E-state index in [2.05, 4.69) is 5.41 Å². The van der Waals surface area contributed by atoms with Crippen LogP contribution in [0.2, 0.25) is 0 Å². The van der Waals surface area contributed by atoms with Crippen LogP contribution in [0, 0.1) is 0 Å². The third-order valence-corrected chi connectivity index (χ3v) is 2.69. The molecule has 1 nitrogen and oxygen atoms in total. The largest absolute Gasteiger partial charge is 0.391 e. The summed E-state index contributed by atoms with van der Waals surface area (Å²) in [7, 11) is 0. The van der Waals surface area contributed by atoms with Gasteiger partial charge in [-0.3, -0.25) is 0 Å². The molecule has 1 aromatic carbocycles. The van der Waals surface area contributed by atoms with Crippen molar-refractivity contribution in [2.45, 2.75) is 18.4 Å². The van der Waals surface area contributed by atoms with Crippen molar-refractivity contribution in [3.63, 3.8) is 0 Å². The zero-order valence-electron chi connectivity index (χ0n) is 7.07. The lowest BCUT2D eigenvalue weighted by Crippen LogP contribution is -1.89. The fourth-order valence-corrected chi connectivity index (χ4v) is 1.72. The molecule has 0 amide bonds. The molecule has 0 aliphatic carbocycles. The van der Waals surface area contributed by atoms with Gasteiger partial charge in [-0.25, -0.2) is 0 Å². The van der Waals surface area contributed by atoms with Gasteiger partial charge in [0, 0.05) is 17.3 Å². The molecule has 12 heavy (non-hydrogen) atoms. The molecule has 0 unspecified atom stereocenters. The van der Waals surface area contributed by atoms with Crippen LogP contribution in [0.1, 0.15) is 12.5 Å². The highest BCUT2D eigenvalue weighted by Gasteiger charge is 2.04. The molecule has 0 heterocycles. The van der Waals surface area contributed by atoms with Gasteiger partial charge < -0.3 is 5.11 Å². The summed E-state index contributed by atoms with van der Waals surface area (Å²) in [6.45, 7) is 2.12. The first-order chi connectivity index (χ1) is 5.88. The van der Waals surface area contributed by atoms with Gasteiger partial charge in [0.1, 0.15) is 5.41 Å². The van der Waals surface area contributed by atoms with Crippen molar-refractivity contribution < 1.29 is 5.11 Å². The molecule has 0 radical (unpaired) electrons. The summed E-state index contributed by atoms with van der Waals surface area (Å²) in [6, 6.07) is 7.92. The zero-order valence-corrected chi connectivity index (χ0v) is 7.96. The Hall–Kier alpha value is -0.730. The number of hydrogen-bond acceptors (Lipinski definition) is 1. The molecule has 64 valence electrons. The molecule has 1 N–H and O–H groups in total. The molecule has 0 aliphatic rings. The maximum absolute atomic E-state index is 8.99. The molecule has 0 bridgehead atoms. The van der Waals surface area contributed by atoms with Crippen LogP contribution in [0.5, 0.6) is 0 Å². The average Bonchev–Trinajstić information content (AvgIpc) is 2.15. The van der Waals surface area contributed by atoms with Crippen molar-refractivity contribution in [1.29, 1.82) is 0 Å². The monoisotopic (exact) mass is 181 g/mol.